The molecule has 0 spiro atoms. The number of benzene rings is 1. The third-order valence-corrected chi connectivity index (χ3v) is 6.26. The fraction of sp³-hybridized carbons (Fsp3) is 0.385. The molecule has 2 amide bonds. The smallest absolute Gasteiger partial charge is 0.245 e. The third kappa shape index (κ3) is 5.30. The number of amides is 2. The summed E-state index contributed by atoms with van der Waals surface area (Å²) in [5.74, 6) is 0.0535. The standard InChI is InChI=1S/C26H31N5O2/c1-3-15-29-17-18-30(25(32)11-16-31-20(2)8-14-28-31)24(26(29)33)19-21-4-6-22(7-5-21)23-9-12-27-13-10-23/h4-10,12-14,24H,3,11,15-19H2,1-2H3. The van der Waals surface area contributed by atoms with Crippen LogP contribution in [0.15, 0.2) is 61.1 Å². The molecular formula is C26H31N5O2. The van der Waals surface area contributed by atoms with Gasteiger partial charge in [-0.05, 0) is 48.2 Å². The number of rotatable bonds is 8. The lowest BCUT2D eigenvalue weighted by Gasteiger charge is -2.41. The summed E-state index contributed by atoms with van der Waals surface area (Å²) in [5.41, 5.74) is 4.28. The van der Waals surface area contributed by atoms with Crippen molar-refractivity contribution in [1.29, 1.82) is 0 Å². The van der Waals surface area contributed by atoms with Crippen LogP contribution in [0.5, 0.6) is 0 Å². The molecule has 1 aliphatic rings. The fourth-order valence-electron chi connectivity index (χ4n) is 4.41. The number of aromatic nitrogens is 3. The molecule has 1 atom stereocenters. The largest absolute Gasteiger partial charge is 0.339 e. The van der Waals surface area contributed by atoms with Crippen molar-refractivity contribution in [2.24, 2.45) is 0 Å². The van der Waals surface area contributed by atoms with Crippen LogP contribution in [0.3, 0.4) is 0 Å². The van der Waals surface area contributed by atoms with Gasteiger partial charge in [-0.25, -0.2) is 0 Å². The Morgan fingerprint density at radius 3 is 2.36 bits per heavy atom. The molecule has 0 N–H and O–H groups in total. The Balaban J connectivity index is 1.49. The fourth-order valence-corrected chi connectivity index (χ4v) is 4.41. The maximum atomic E-state index is 13.3. The van der Waals surface area contributed by atoms with E-state index in [0.29, 0.717) is 32.5 Å². The van der Waals surface area contributed by atoms with Crippen LogP contribution in [0.2, 0.25) is 0 Å². The van der Waals surface area contributed by atoms with Crippen LogP contribution in [0, 0.1) is 6.92 Å². The summed E-state index contributed by atoms with van der Waals surface area (Å²) in [7, 11) is 0. The Labute approximate surface area is 195 Å². The maximum Gasteiger partial charge on any atom is 0.245 e. The van der Waals surface area contributed by atoms with Gasteiger partial charge in [0.1, 0.15) is 6.04 Å². The van der Waals surface area contributed by atoms with Crippen LogP contribution in [-0.4, -0.2) is 62.1 Å². The average molecular weight is 446 g/mol. The first-order valence-corrected chi connectivity index (χ1v) is 11.6. The van der Waals surface area contributed by atoms with Crippen molar-refractivity contribution < 1.29 is 9.59 Å². The highest BCUT2D eigenvalue weighted by molar-refractivity contribution is 5.89. The van der Waals surface area contributed by atoms with Gasteiger partial charge >= 0.3 is 0 Å². The van der Waals surface area contributed by atoms with E-state index in [2.05, 4.69) is 41.3 Å². The van der Waals surface area contributed by atoms with Gasteiger partial charge in [0.05, 0.1) is 0 Å². The second-order valence-electron chi connectivity index (χ2n) is 8.51. The molecule has 0 radical (unpaired) electrons. The third-order valence-electron chi connectivity index (χ3n) is 6.26. The van der Waals surface area contributed by atoms with Gasteiger partial charge in [-0.2, -0.15) is 5.10 Å². The van der Waals surface area contributed by atoms with E-state index in [1.165, 1.54) is 0 Å². The molecule has 3 aromatic rings. The van der Waals surface area contributed by atoms with Gasteiger partial charge < -0.3 is 9.80 Å². The molecule has 33 heavy (non-hydrogen) atoms. The minimum atomic E-state index is -0.469. The van der Waals surface area contributed by atoms with Crippen LogP contribution in [0.25, 0.3) is 11.1 Å². The van der Waals surface area contributed by atoms with E-state index in [1.807, 2.05) is 34.7 Å². The van der Waals surface area contributed by atoms with E-state index in [4.69, 9.17) is 0 Å². The van der Waals surface area contributed by atoms with E-state index in [0.717, 1.165) is 35.3 Å². The first-order valence-electron chi connectivity index (χ1n) is 11.6. The van der Waals surface area contributed by atoms with Gasteiger partial charge in [0.2, 0.25) is 11.8 Å². The number of pyridine rings is 1. The zero-order valence-corrected chi connectivity index (χ0v) is 19.4. The monoisotopic (exact) mass is 445 g/mol. The second-order valence-corrected chi connectivity index (χ2v) is 8.51. The molecule has 7 nitrogen and oxygen atoms in total. The SMILES string of the molecule is CCCN1CCN(C(=O)CCn2nccc2C)C(Cc2ccc(-c3ccncc3)cc2)C1=O. The lowest BCUT2D eigenvalue weighted by atomic mass is 9.98. The number of aryl methyl sites for hydroxylation is 2. The second kappa shape index (κ2) is 10.4. The van der Waals surface area contributed by atoms with E-state index in [1.54, 1.807) is 23.5 Å². The van der Waals surface area contributed by atoms with Gasteiger partial charge in [0, 0.05) is 63.3 Å². The minimum absolute atomic E-state index is 0.00723. The van der Waals surface area contributed by atoms with Crippen LogP contribution < -0.4 is 0 Å². The van der Waals surface area contributed by atoms with Gasteiger partial charge in [-0.15, -0.1) is 0 Å². The van der Waals surface area contributed by atoms with Gasteiger partial charge in [-0.3, -0.25) is 19.3 Å². The molecular weight excluding hydrogens is 414 g/mol. The van der Waals surface area contributed by atoms with Gasteiger partial charge in [0.15, 0.2) is 0 Å². The summed E-state index contributed by atoms with van der Waals surface area (Å²) in [4.78, 5) is 34.2. The number of carbonyl (C=O) groups excluding carboxylic acids is 2. The van der Waals surface area contributed by atoms with Crippen molar-refractivity contribution in [2.45, 2.75) is 45.7 Å². The number of carbonyl (C=O) groups is 2. The van der Waals surface area contributed by atoms with Crippen LogP contribution in [-0.2, 0) is 22.6 Å². The Kier molecular flexibility index (Phi) is 7.17. The summed E-state index contributed by atoms with van der Waals surface area (Å²) in [6.07, 6.45) is 7.06. The predicted octanol–water partition coefficient (Wildman–Crippen LogP) is 3.34. The first kappa shape index (κ1) is 22.7. The van der Waals surface area contributed by atoms with E-state index >= 15 is 0 Å². The summed E-state index contributed by atoms with van der Waals surface area (Å²) in [6, 6.07) is 13.6. The molecule has 1 saturated heterocycles. The predicted molar refractivity (Wildman–Crippen MR) is 127 cm³/mol. The summed E-state index contributed by atoms with van der Waals surface area (Å²) >= 11 is 0. The van der Waals surface area contributed by atoms with E-state index in [-0.39, 0.29) is 11.8 Å². The molecule has 1 aromatic carbocycles. The zero-order valence-electron chi connectivity index (χ0n) is 19.4. The highest BCUT2D eigenvalue weighted by Gasteiger charge is 2.36. The summed E-state index contributed by atoms with van der Waals surface area (Å²) in [6.45, 7) is 6.46. The Morgan fingerprint density at radius 2 is 1.70 bits per heavy atom. The molecule has 4 rings (SSSR count). The van der Waals surface area contributed by atoms with Crippen molar-refractivity contribution in [3.8, 4) is 11.1 Å². The number of piperazine rings is 1. The van der Waals surface area contributed by atoms with E-state index in [9.17, 15) is 9.59 Å². The first-order chi connectivity index (χ1) is 16.1. The molecule has 2 aromatic heterocycles. The molecule has 172 valence electrons. The Morgan fingerprint density at radius 1 is 0.970 bits per heavy atom. The number of hydrogen-bond acceptors (Lipinski definition) is 4. The maximum absolute atomic E-state index is 13.3. The van der Waals surface area contributed by atoms with Crippen LogP contribution >= 0.6 is 0 Å². The highest BCUT2D eigenvalue weighted by Crippen LogP contribution is 2.22. The van der Waals surface area contributed by atoms with Crippen molar-refractivity contribution in [3.63, 3.8) is 0 Å². The summed E-state index contributed by atoms with van der Waals surface area (Å²) < 4.78 is 1.83. The lowest BCUT2D eigenvalue weighted by Crippen LogP contribution is -2.59. The van der Waals surface area contributed by atoms with Crippen molar-refractivity contribution >= 4 is 11.8 Å². The van der Waals surface area contributed by atoms with Crippen molar-refractivity contribution in [3.05, 3.63) is 72.3 Å². The molecule has 7 heteroatoms. The molecule has 3 heterocycles. The molecule has 0 bridgehead atoms. The topological polar surface area (TPSA) is 71.3 Å². The summed E-state index contributed by atoms with van der Waals surface area (Å²) in [5, 5.41) is 4.27. The highest BCUT2D eigenvalue weighted by atomic mass is 16.2. The Hall–Kier alpha value is -3.48. The van der Waals surface area contributed by atoms with E-state index < -0.39 is 6.04 Å². The average Bonchev–Trinajstić information content (AvgIpc) is 3.26. The minimum Gasteiger partial charge on any atom is -0.339 e. The quantitative estimate of drug-likeness (QED) is 0.533. The number of nitrogens with zero attached hydrogens (tertiary/aromatic N) is 5. The van der Waals surface area contributed by atoms with Crippen LogP contribution in [0.1, 0.15) is 31.0 Å². The zero-order chi connectivity index (χ0) is 23.2. The molecule has 1 fully saturated rings. The molecule has 0 aliphatic carbocycles. The van der Waals surface area contributed by atoms with Crippen LogP contribution in [0.4, 0.5) is 0 Å². The lowest BCUT2D eigenvalue weighted by molar-refractivity contribution is -0.151. The van der Waals surface area contributed by atoms with Gasteiger partial charge in [0.25, 0.3) is 0 Å². The van der Waals surface area contributed by atoms with Gasteiger partial charge in [-0.1, -0.05) is 31.2 Å². The molecule has 1 unspecified atom stereocenters. The number of hydrogen-bond donors (Lipinski definition) is 0. The molecule has 0 saturated carbocycles. The van der Waals surface area contributed by atoms with Crippen molar-refractivity contribution in [2.75, 3.05) is 19.6 Å². The Bertz CT molecular complexity index is 1080. The normalized spacial score (nSPS) is 16.3. The van der Waals surface area contributed by atoms with Crippen molar-refractivity contribution in [1.82, 2.24) is 24.6 Å². The molecule has 1 aliphatic heterocycles.